The fourth-order valence-electron chi connectivity index (χ4n) is 0.566. The van der Waals surface area contributed by atoms with Crippen LogP contribution in [-0.4, -0.2) is 5.11 Å². The number of rotatable bonds is 1. The SMILES string of the molecule is NSc1ccc(F)c(O)c1. The molecule has 3 N–H and O–H groups in total. The molecule has 1 aromatic carbocycles. The largest absolute Gasteiger partial charge is 0.505 e. The molecule has 0 bridgehead atoms. The maximum Gasteiger partial charge on any atom is 0.164 e. The summed E-state index contributed by atoms with van der Waals surface area (Å²) < 4.78 is 12.3. The van der Waals surface area contributed by atoms with E-state index in [0.717, 1.165) is 11.9 Å². The van der Waals surface area contributed by atoms with E-state index in [-0.39, 0.29) is 5.75 Å². The average Bonchev–Trinajstić information content (AvgIpc) is 1.95. The Labute approximate surface area is 62.0 Å². The van der Waals surface area contributed by atoms with Gasteiger partial charge < -0.3 is 5.11 Å². The fourth-order valence-corrected chi connectivity index (χ4v) is 0.892. The Balaban J connectivity index is 3.04. The molecule has 10 heavy (non-hydrogen) atoms. The van der Waals surface area contributed by atoms with Crippen molar-refractivity contribution in [1.82, 2.24) is 0 Å². The van der Waals surface area contributed by atoms with Crippen LogP contribution in [-0.2, 0) is 0 Å². The van der Waals surface area contributed by atoms with Crippen molar-refractivity contribution in [3.05, 3.63) is 24.0 Å². The molecular formula is C6H6FNOS. The van der Waals surface area contributed by atoms with Crippen LogP contribution >= 0.6 is 11.9 Å². The lowest BCUT2D eigenvalue weighted by Crippen LogP contribution is -1.80. The highest BCUT2D eigenvalue weighted by Crippen LogP contribution is 2.20. The minimum Gasteiger partial charge on any atom is -0.505 e. The van der Waals surface area contributed by atoms with Crippen LogP contribution in [0.2, 0.25) is 0 Å². The summed E-state index contributed by atoms with van der Waals surface area (Å²) in [6, 6.07) is 3.95. The van der Waals surface area contributed by atoms with E-state index in [2.05, 4.69) is 0 Å². The first-order valence-electron chi connectivity index (χ1n) is 2.59. The first-order valence-corrected chi connectivity index (χ1v) is 3.47. The van der Waals surface area contributed by atoms with Crippen LogP contribution in [0.3, 0.4) is 0 Å². The van der Waals surface area contributed by atoms with Gasteiger partial charge in [0.2, 0.25) is 0 Å². The lowest BCUT2D eigenvalue weighted by Gasteiger charge is -1.96. The Morgan fingerprint density at radius 3 is 2.70 bits per heavy atom. The number of phenolic OH excluding ortho intramolecular Hbond substituents is 1. The van der Waals surface area contributed by atoms with Crippen LogP contribution in [0, 0.1) is 5.82 Å². The van der Waals surface area contributed by atoms with Crippen LogP contribution in [0.5, 0.6) is 5.75 Å². The van der Waals surface area contributed by atoms with Gasteiger partial charge >= 0.3 is 0 Å². The van der Waals surface area contributed by atoms with Crippen molar-refractivity contribution in [3.8, 4) is 5.75 Å². The number of nitrogens with two attached hydrogens (primary N) is 1. The summed E-state index contributed by atoms with van der Waals surface area (Å²) >= 11 is 0.965. The highest BCUT2D eigenvalue weighted by atomic mass is 32.2. The molecule has 1 aromatic rings. The van der Waals surface area contributed by atoms with Crippen molar-refractivity contribution < 1.29 is 9.50 Å². The number of benzene rings is 1. The molecule has 0 aliphatic carbocycles. The van der Waals surface area contributed by atoms with Crippen LogP contribution in [0.1, 0.15) is 0 Å². The standard InChI is InChI=1S/C6H6FNOS/c7-5-2-1-4(10-8)3-6(5)9/h1-3,9H,8H2. The van der Waals surface area contributed by atoms with E-state index in [0.29, 0.717) is 4.90 Å². The molecule has 0 saturated carbocycles. The average molecular weight is 159 g/mol. The predicted molar refractivity (Wildman–Crippen MR) is 38.1 cm³/mol. The number of halogens is 1. The van der Waals surface area contributed by atoms with E-state index < -0.39 is 5.82 Å². The van der Waals surface area contributed by atoms with E-state index in [4.69, 9.17) is 10.2 Å². The third-order valence-corrected chi connectivity index (χ3v) is 1.58. The van der Waals surface area contributed by atoms with Gasteiger partial charge in [0.25, 0.3) is 0 Å². The van der Waals surface area contributed by atoms with Crippen molar-refractivity contribution in [2.45, 2.75) is 4.90 Å². The molecule has 0 radical (unpaired) electrons. The summed E-state index contributed by atoms with van der Waals surface area (Å²) in [7, 11) is 0. The van der Waals surface area contributed by atoms with Crippen LogP contribution in [0.15, 0.2) is 23.1 Å². The summed E-state index contributed by atoms with van der Waals surface area (Å²) in [6.45, 7) is 0. The Hall–Kier alpha value is -0.740. The maximum atomic E-state index is 12.3. The van der Waals surface area contributed by atoms with Crippen molar-refractivity contribution in [1.29, 1.82) is 0 Å². The Morgan fingerprint density at radius 1 is 1.50 bits per heavy atom. The minimum absolute atomic E-state index is 0.365. The normalized spacial score (nSPS) is 9.80. The van der Waals surface area contributed by atoms with E-state index in [1.165, 1.54) is 18.2 Å². The van der Waals surface area contributed by atoms with Gasteiger partial charge in [-0.05, 0) is 30.1 Å². The lowest BCUT2D eigenvalue weighted by atomic mass is 10.3. The molecule has 0 heterocycles. The molecule has 0 saturated heterocycles. The van der Waals surface area contributed by atoms with Gasteiger partial charge in [-0.15, -0.1) is 0 Å². The monoisotopic (exact) mass is 159 g/mol. The number of phenols is 1. The molecule has 1 rings (SSSR count). The quantitative estimate of drug-likeness (QED) is 0.610. The molecule has 0 aliphatic heterocycles. The lowest BCUT2D eigenvalue weighted by molar-refractivity contribution is 0.430. The Bertz CT molecular complexity index is 241. The van der Waals surface area contributed by atoms with Gasteiger partial charge in [-0.2, -0.15) is 0 Å². The zero-order valence-corrected chi connectivity index (χ0v) is 5.86. The predicted octanol–water partition coefficient (Wildman–Crippen LogP) is 1.50. The number of aromatic hydroxyl groups is 1. The van der Waals surface area contributed by atoms with Crippen molar-refractivity contribution in [3.63, 3.8) is 0 Å². The zero-order chi connectivity index (χ0) is 7.56. The van der Waals surface area contributed by atoms with Crippen molar-refractivity contribution in [2.24, 2.45) is 5.14 Å². The van der Waals surface area contributed by atoms with Gasteiger partial charge in [-0.25, -0.2) is 4.39 Å². The highest BCUT2D eigenvalue weighted by molar-refractivity contribution is 7.97. The second-order valence-electron chi connectivity index (χ2n) is 1.73. The van der Waals surface area contributed by atoms with Gasteiger partial charge in [0.1, 0.15) is 0 Å². The highest BCUT2D eigenvalue weighted by Gasteiger charge is 1.99. The van der Waals surface area contributed by atoms with Crippen LogP contribution < -0.4 is 5.14 Å². The van der Waals surface area contributed by atoms with Crippen LogP contribution in [0.25, 0.3) is 0 Å². The zero-order valence-electron chi connectivity index (χ0n) is 5.04. The number of hydrogen-bond donors (Lipinski definition) is 2. The topological polar surface area (TPSA) is 46.2 Å². The first kappa shape index (κ1) is 7.37. The second kappa shape index (κ2) is 2.90. The molecular weight excluding hydrogens is 153 g/mol. The molecule has 0 spiro atoms. The summed E-state index contributed by atoms with van der Waals surface area (Å²) in [5, 5.41) is 13.9. The minimum atomic E-state index is -0.627. The summed E-state index contributed by atoms with van der Waals surface area (Å²) in [6.07, 6.45) is 0. The second-order valence-corrected chi connectivity index (χ2v) is 2.44. The summed E-state index contributed by atoms with van der Waals surface area (Å²) in [5.41, 5.74) is 0. The third kappa shape index (κ3) is 1.40. The van der Waals surface area contributed by atoms with Crippen molar-refractivity contribution >= 4 is 11.9 Å². The van der Waals surface area contributed by atoms with Gasteiger partial charge in [0, 0.05) is 4.90 Å². The van der Waals surface area contributed by atoms with E-state index >= 15 is 0 Å². The molecule has 0 aliphatic rings. The Kier molecular flexibility index (Phi) is 2.13. The molecule has 54 valence electrons. The molecule has 4 heteroatoms. The molecule has 0 unspecified atom stereocenters. The van der Waals surface area contributed by atoms with E-state index in [9.17, 15) is 4.39 Å². The number of hydrogen-bond acceptors (Lipinski definition) is 3. The third-order valence-electron chi connectivity index (χ3n) is 1.05. The van der Waals surface area contributed by atoms with Gasteiger partial charge in [-0.3, -0.25) is 5.14 Å². The fraction of sp³-hybridized carbons (Fsp3) is 0. The summed E-state index contributed by atoms with van der Waals surface area (Å²) in [4.78, 5) is 0.638. The Morgan fingerprint density at radius 2 is 2.20 bits per heavy atom. The van der Waals surface area contributed by atoms with E-state index in [1.54, 1.807) is 0 Å². The first-order chi connectivity index (χ1) is 4.74. The maximum absolute atomic E-state index is 12.3. The molecule has 0 aromatic heterocycles. The molecule has 2 nitrogen and oxygen atoms in total. The summed E-state index contributed by atoms with van der Waals surface area (Å²) in [5.74, 6) is -0.992. The van der Waals surface area contributed by atoms with Gasteiger partial charge in [0.05, 0.1) is 0 Å². The molecule has 0 atom stereocenters. The molecule has 0 amide bonds. The van der Waals surface area contributed by atoms with Gasteiger partial charge in [0.15, 0.2) is 11.6 Å². The van der Waals surface area contributed by atoms with Gasteiger partial charge in [-0.1, -0.05) is 0 Å². The molecule has 0 fully saturated rings. The van der Waals surface area contributed by atoms with E-state index in [1.807, 2.05) is 0 Å². The van der Waals surface area contributed by atoms with Crippen molar-refractivity contribution in [2.75, 3.05) is 0 Å². The van der Waals surface area contributed by atoms with Crippen LogP contribution in [0.4, 0.5) is 4.39 Å². The smallest absolute Gasteiger partial charge is 0.164 e.